The highest BCUT2D eigenvalue weighted by Gasteiger charge is 2.31. The van der Waals surface area contributed by atoms with Crippen molar-refractivity contribution in [2.75, 3.05) is 27.2 Å². The predicted octanol–water partition coefficient (Wildman–Crippen LogP) is 4.23. The molecule has 1 atom stereocenters. The minimum Gasteiger partial charge on any atom is -0.305 e. The summed E-state index contributed by atoms with van der Waals surface area (Å²) in [6.45, 7) is 1.75. The van der Waals surface area contributed by atoms with Crippen LogP contribution in [0.1, 0.15) is 42.9 Å². The van der Waals surface area contributed by atoms with Crippen LogP contribution in [-0.4, -0.2) is 43.2 Å². The number of hydrogen-bond acceptors (Lipinski definition) is 2. The van der Waals surface area contributed by atoms with Crippen LogP contribution in [0.25, 0.3) is 0 Å². The average molecular weight is 314 g/mol. The summed E-state index contributed by atoms with van der Waals surface area (Å²) in [5.74, 6) is 0. The number of nitrogens with zero attached hydrogens (tertiary/aromatic N) is 2. The summed E-state index contributed by atoms with van der Waals surface area (Å²) in [7, 11) is 4.04. The molecule has 2 rings (SSSR count). The minimum absolute atomic E-state index is 0.105. The second-order valence-electron chi connectivity index (χ2n) is 6.39. The van der Waals surface area contributed by atoms with E-state index >= 15 is 0 Å². The lowest BCUT2D eigenvalue weighted by molar-refractivity contribution is -0.139. The number of hydrogen-bond donors (Lipinski definition) is 0. The molecule has 1 aromatic carbocycles. The summed E-state index contributed by atoms with van der Waals surface area (Å²) in [5, 5.41) is 0. The van der Waals surface area contributed by atoms with Gasteiger partial charge in [-0.2, -0.15) is 13.2 Å². The van der Waals surface area contributed by atoms with Crippen molar-refractivity contribution in [2.24, 2.45) is 0 Å². The van der Waals surface area contributed by atoms with Gasteiger partial charge in [-0.15, -0.1) is 0 Å². The zero-order chi connectivity index (χ0) is 16.2. The molecule has 5 heteroatoms. The van der Waals surface area contributed by atoms with Gasteiger partial charge in [0.25, 0.3) is 0 Å². The molecule has 0 unspecified atom stereocenters. The van der Waals surface area contributed by atoms with E-state index in [2.05, 4.69) is 29.2 Å². The van der Waals surface area contributed by atoms with Crippen molar-refractivity contribution in [1.82, 2.24) is 9.80 Å². The highest BCUT2D eigenvalue weighted by atomic mass is 19.4. The molecule has 1 heterocycles. The number of benzene rings is 1. The summed E-state index contributed by atoms with van der Waals surface area (Å²) in [6.07, 6.45) is -1.76. The molecule has 1 saturated heterocycles. The Morgan fingerprint density at radius 2 is 1.82 bits per heavy atom. The largest absolute Gasteiger partial charge is 0.390 e. The lowest BCUT2D eigenvalue weighted by Crippen LogP contribution is -2.36. The molecule has 1 aliphatic heterocycles. The SMILES string of the molecule is CN(C)Cc1ccc([C@H]2CCCCN2CCC(F)(F)F)cc1. The standard InChI is InChI=1S/C17H25F3N2/c1-21(2)13-14-6-8-15(9-7-14)16-5-3-4-11-22(16)12-10-17(18,19)20/h6-9,16H,3-5,10-13H2,1-2H3/t16-/m1/s1. The molecule has 0 aliphatic carbocycles. The summed E-state index contributed by atoms with van der Waals surface area (Å²) in [6, 6.07) is 8.47. The lowest BCUT2D eigenvalue weighted by Gasteiger charge is -2.36. The average Bonchev–Trinajstić information content (AvgIpc) is 2.45. The first-order valence-electron chi connectivity index (χ1n) is 7.89. The molecule has 2 nitrogen and oxygen atoms in total. The van der Waals surface area contributed by atoms with Crippen LogP contribution in [0.2, 0.25) is 0 Å². The fourth-order valence-electron chi connectivity index (χ4n) is 3.12. The van der Waals surface area contributed by atoms with Gasteiger partial charge in [0, 0.05) is 19.1 Å². The van der Waals surface area contributed by atoms with Crippen molar-refractivity contribution in [2.45, 2.75) is 44.4 Å². The summed E-state index contributed by atoms with van der Waals surface area (Å²) in [5.41, 5.74) is 2.37. The highest BCUT2D eigenvalue weighted by Crippen LogP contribution is 2.32. The Morgan fingerprint density at radius 3 is 2.41 bits per heavy atom. The number of halogens is 3. The first-order chi connectivity index (χ1) is 10.3. The zero-order valence-electron chi connectivity index (χ0n) is 13.4. The van der Waals surface area contributed by atoms with E-state index in [4.69, 9.17) is 0 Å². The molecule has 0 saturated carbocycles. The van der Waals surface area contributed by atoms with Crippen molar-refractivity contribution in [1.29, 1.82) is 0 Å². The second-order valence-corrected chi connectivity index (χ2v) is 6.39. The number of piperidine rings is 1. The van der Waals surface area contributed by atoms with Crippen LogP contribution in [-0.2, 0) is 6.54 Å². The van der Waals surface area contributed by atoms with Crippen LogP contribution in [0.5, 0.6) is 0 Å². The summed E-state index contributed by atoms with van der Waals surface area (Å²) < 4.78 is 37.4. The second kappa shape index (κ2) is 7.47. The number of likely N-dealkylation sites (tertiary alicyclic amines) is 1. The van der Waals surface area contributed by atoms with E-state index in [1.54, 1.807) is 0 Å². The maximum atomic E-state index is 12.5. The summed E-state index contributed by atoms with van der Waals surface area (Å²) >= 11 is 0. The fourth-order valence-corrected chi connectivity index (χ4v) is 3.12. The van der Waals surface area contributed by atoms with Gasteiger partial charge in [-0.1, -0.05) is 30.7 Å². The Bertz CT molecular complexity index is 454. The van der Waals surface area contributed by atoms with Crippen molar-refractivity contribution in [3.05, 3.63) is 35.4 Å². The fraction of sp³-hybridized carbons (Fsp3) is 0.647. The van der Waals surface area contributed by atoms with Gasteiger partial charge >= 0.3 is 6.18 Å². The van der Waals surface area contributed by atoms with Gasteiger partial charge < -0.3 is 4.90 Å². The van der Waals surface area contributed by atoms with Gasteiger partial charge in [0.2, 0.25) is 0 Å². The van der Waals surface area contributed by atoms with Crippen molar-refractivity contribution >= 4 is 0 Å². The molecule has 0 N–H and O–H groups in total. The molecule has 124 valence electrons. The molecule has 0 amide bonds. The van der Waals surface area contributed by atoms with Crippen LogP contribution in [0.3, 0.4) is 0 Å². The van der Waals surface area contributed by atoms with Crippen molar-refractivity contribution < 1.29 is 13.2 Å². The Balaban J connectivity index is 2.03. The molecular weight excluding hydrogens is 289 g/mol. The van der Waals surface area contributed by atoms with E-state index in [1.807, 2.05) is 19.0 Å². The molecule has 22 heavy (non-hydrogen) atoms. The van der Waals surface area contributed by atoms with E-state index in [1.165, 1.54) is 5.56 Å². The topological polar surface area (TPSA) is 6.48 Å². The predicted molar refractivity (Wildman–Crippen MR) is 82.7 cm³/mol. The van der Waals surface area contributed by atoms with Gasteiger partial charge in [-0.3, -0.25) is 4.90 Å². The first-order valence-corrected chi connectivity index (χ1v) is 7.89. The van der Waals surface area contributed by atoms with Crippen LogP contribution in [0, 0.1) is 0 Å². The van der Waals surface area contributed by atoms with Gasteiger partial charge in [0.15, 0.2) is 0 Å². The Labute approximate surface area is 130 Å². The van der Waals surface area contributed by atoms with Gasteiger partial charge in [0.05, 0.1) is 6.42 Å². The lowest BCUT2D eigenvalue weighted by atomic mass is 9.94. The molecule has 1 aromatic rings. The maximum Gasteiger partial charge on any atom is 0.390 e. The third-order valence-corrected chi connectivity index (χ3v) is 4.16. The smallest absolute Gasteiger partial charge is 0.305 e. The van der Waals surface area contributed by atoms with E-state index in [-0.39, 0.29) is 12.6 Å². The minimum atomic E-state index is -4.07. The van der Waals surface area contributed by atoms with Crippen molar-refractivity contribution in [3.63, 3.8) is 0 Å². The van der Waals surface area contributed by atoms with E-state index in [9.17, 15) is 13.2 Å². The van der Waals surface area contributed by atoms with Crippen molar-refractivity contribution in [3.8, 4) is 0 Å². The number of alkyl halides is 3. The van der Waals surface area contributed by atoms with Crippen LogP contribution < -0.4 is 0 Å². The molecule has 1 fully saturated rings. The molecule has 0 bridgehead atoms. The molecular formula is C17H25F3N2. The maximum absolute atomic E-state index is 12.5. The molecule has 0 aromatic heterocycles. The Morgan fingerprint density at radius 1 is 1.14 bits per heavy atom. The Kier molecular flexibility index (Phi) is 5.87. The van der Waals surface area contributed by atoms with E-state index in [0.29, 0.717) is 0 Å². The number of rotatable bonds is 5. The normalized spacial score (nSPS) is 20.5. The van der Waals surface area contributed by atoms with Gasteiger partial charge in [-0.25, -0.2) is 0 Å². The molecule has 0 radical (unpaired) electrons. The third-order valence-electron chi connectivity index (χ3n) is 4.16. The van der Waals surface area contributed by atoms with Crippen LogP contribution in [0.15, 0.2) is 24.3 Å². The Hall–Kier alpha value is -1.07. The van der Waals surface area contributed by atoms with Crippen LogP contribution in [0.4, 0.5) is 13.2 Å². The third kappa shape index (κ3) is 5.29. The zero-order valence-corrected chi connectivity index (χ0v) is 13.4. The van der Waals surface area contributed by atoms with Gasteiger partial charge in [-0.05, 0) is 44.6 Å². The molecule has 1 aliphatic rings. The van der Waals surface area contributed by atoms with E-state index in [0.717, 1.165) is 37.9 Å². The van der Waals surface area contributed by atoms with Gasteiger partial charge in [0.1, 0.15) is 0 Å². The van der Waals surface area contributed by atoms with E-state index < -0.39 is 12.6 Å². The monoisotopic (exact) mass is 314 g/mol. The quantitative estimate of drug-likeness (QED) is 0.802. The first kappa shape index (κ1) is 17.3. The highest BCUT2D eigenvalue weighted by molar-refractivity contribution is 5.25. The summed E-state index contributed by atoms with van der Waals surface area (Å²) in [4.78, 5) is 4.10. The molecule has 0 spiro atoms. The van der Waals surface area contributed by atoms with Crippen LogP contribution >= 0.6 is 0 Å².